The van der Waals surface area contributed by atoms with Gasteiger partial charge in [-0.15, -0.1) is 0 Å². The second kappa shape index (κ2) is 8.88. The van der Waals surface area contributed by atoms with E-state index in [1.165, 1.54) is 0 Å². The Balaban J connectivity index is 0. The zero-order valence-electron chi connectivity index (χ0n) is 2.46. The van der Waals surface area contributed by atoms with Gasteiger partial charge in [-0.1, -0.05) is 6.08 Å². The summed E-state index contributed by atoms with van der Waals surface area (Å²) in [6.45, 7) is 1.90. The number of halogens is 1. The van der Waals surface area contributed by atoms with Crippen LogP contribution in [0.25, 0.3) is 0 Å². The van der Waals surface area contributed by atoms with E-state index in [9.17, 15) is 0 Å². The van der Waals surface area contributed by atoms with Crippen LogP contribution >= 0.6 is 15.9 Å². The van der Waals surface area contributed by atoms with Crippen LogP contribution in [0, 0.1) is 4.99 Å². The van der Waals surface area contributed by atoms with Gasteiger partial charge >= 0.3 is 23.1 Å². The molecule has 0 aliphatic heterocycles. The first-order chi connectivity index (χ1) is 1.91. The predicted octanol–water partition coefficient (Wildman–Crippen LogP) is 0.802. The van der Waals surface area contributed by atoms with Crippen LogP contribution in [0.15, 0.2) is 6.08 Å². The SMILES string of the molecule is CC=[C]Br.[MgH2]. The molecular formula is C3H6BrMg. The Hall–Kier alpha value is 0.986. The van der Waals surface area contributed by atoms with Crippen molar-refractivity contribution in [2.24, 2.45) is 0 Å². The van der Waals surface area contributed by atoms with Gasteiger partial charge in [-0.2, -0.15) is 0 Å². The molecule has 0 saturated carbocycles. The maximum absolute atomic E-state index is 2.94. The Morgan fingerprint density at radius 1 is 1.80 bits per heavy atom. The van der Waals surface area contributed by atoms with Gasteiger partial charge in [0.25, 0.3) is 0 Å². The summed E-state index contributed by atoms with van der Waals surface area (Å²) in [6, 6.07) is 0. The summed E-state index contributed by atoms with van der Waals surface area (Å²) in [5.74, 6) is 0. The van der Waals surface area contributed by atoms with Crippen molar-refractivity contribution in [2.75, 3.05) is 0 Å². The molecule has 0 amide bonds. The molecule has 0 rings (SSSR count). The minimum atomic E-state index is 0. The Morgan fingerprint density at radius 3 is 2.00 bits per heavy atom. The third-order valence-electron chi connectivity index (χ3n) is 0.109. The molecule has 0 aromatic carbocycles. The van der Waals surface area contributed by atoms with Gasteiger partial charge < -0.3 is 0 Å². The molecule has 0 heterocycles. The maximum atomic E-state index is 2.94. The number of rotatable bonds is 0. The van der Waals surface area contributed by atoms with Crippen molar-refractivity contribution in [3.63, 3.8) is 0 Å². The normalized spacial score (nSPS) is 7.60. The van der Waals surface area contributed by atoms with E-state index >= 15 is 0 Å². The highest BCUT2D eigenvalue weighted by Gasteiger charge is 1.39. The van der Waals surface area contributed by atoms with E-state index in [1.807, 2.05) is 6.92 Å². The lowest BCUT2D eigenvalue weighted by molar-refractivity contribution is 1.77. The van der Waals surface area contributed by atoms with Crippen molar-refractivity contribution in [1.82, 2.24) is 0 Å². The standard InChI is InChI=1S/C3H4Br.Mg.2H/c1-2-3-4;;;/h2H,1H3;;;. The number of allylic oxidation sites excluding steroid dienone is 1. The Bertz CT molecular complexity index is 22.1. The molecule has 0 bridgehead atoms. The van der Waals surface area contributed by atoms with Crippen LogP contribution in [-0.4, -0.2) is 23.1 Å². The van der Waals surface area contributed by atoms with Crippen LogP contribution in [0.4, 0.5) is 0 Å². The third kappa shape index (κ3) is 11.3. The zero-order chi connectivity index (χ0) is 3.41. The van der Waals surface area contributed by atoms with Crippen LogP contribution < -0.4 is 0 Å². The largest absolute Gasteiger partial charge is 0.316 e. The Kier molecular flexibility index (Phi) is 16.6. The van der Waals surface area contributed by atoms with Crippen LogP contribution in [0.3, 0.4) is 0 Å². The predicted molar refractivity (Wildman–Crippen MR) is 31.0 cm³/mol. The molecule has 27 valence electrons. The van der Waals surface area contributed by atoms with Gasteiger partial charge in [-0.05, 0) is 22.9 Å². The van der Waals surface area contributed by atoms with E-state index in [-0.39, 0.29) is 23.1 Å². The lowest BCUT2D eigenvalue weighted by Crippen LogP contribution is -1.21. The second-order valence-corrected chi connectivity index (χ2v) is 0.856. The smallest absolute Gasteiger partial charge is 0.0723 e. The van der Waals surface area contributed by atoms with Crippen molar-refractivity contribution in [2.45, 2.75) is 6.92 Å². The van der Waals surface area contributed by atoms with E-state index in [0.29, 0.717) is 0 Å². The highest BCUT2D eigenvalue weighted by atomic mass is 79.9. The first-order valence-corrected chi connectivity index (χ1v) is 1.85. The lowest BCUT2D eigenvalue weighted by atomic mass is 10.8. The van der Waals surface area contributed by atoms with Gasteiger partial charge in [0.15, 0.2) is 0 Å². The molecule has 5 heavy (non-hydrogen) atoms. The molecule has 0 spiro atoms. The number of hydrogen-bond donors (Lipinski definition) is 0. The molecule has 0 unspecified atom stereocenters. The first kappa shape index (κ1) is 9.37. The summed E-state index contributed by atoms with van der Waals surface area (Å²) in [6.07, 6.45) is 1.79. The van der Waals surface area contributed by atoms with Gasteiger partial charge in [-0.25, -0.2) is 0 Å². The van der Waals surface area contributed by atoms with Crippen molar-refractivity contribution < 1.29 is 0 Å². The fourth-order valence-corrected chi connectivity index (χ4v) is 0. The molecule has 0 nitrogen and oxygen atoms in total. The van der Waals surface area contributed by atoms with Gasteiger partial charge in [0.2, 0.25) is 0 Å². The molecule has 0 saturated heterocycles. The Labute approximate surface area is 56.9 Å². The molecular weight excluding hydrogens is 140 g/mol. The van der Waals surface area contributed by atoms with E-state index in [4.69, 9.17) is 0 Å². The molecule has 0 aromatic heterocycles. The third-order valence-corrected chi connectivity index (χ3v) is 0.567. The molecule has 0 fully saturated rings. The minimum absolute atomic E-state index is 0. The molecule has 0 atom stereocenters. The Morgan fingerprint density at radius 2 is 2.00 bits per heavy atom. The molecule has 0 aliphatic carbocycles. The molecule has 0 aliphatic rings. The molecule has 0 aromatic rings. The molecule has 1 radical (unpaired) electrons. The maximum Gasteiger partial charge on any atom is 0.316 e. The van der Waals surface area contributed by atoms with E-state index in [2.05, 4.69) is 20.9 Å². The van der Waals surface area contributed by atoms with Crippen LogP contribution in [-0.2, 0) is 0 Å². The monoisotopic (exact) mass is 145 g/mol. The van der Waals surface area contributed by atoms with Crippen LogP contribution in [0.2, 0.25) is 0 Å². The van der Waals surface area contributed by atoms with Crippen molar-refractivity contribution >= 4 is 39.0 Å². The van der Waals surface area contributed by atoms with Crippen LogP contribution in [0.1, 0.15) is 6.92 Å². The average Bonchev–Trinajstić information content (AvgIpc) is 1.37. The summed E-state index contributed by atoms with van der Waals surface area (Å²) >= 11 is 2.94. The zero-order valence-corrected chi connectivity index (χ0v) is 4.04. The summed E-state index contributed by atoms with van der Waals surface area (Å²) in [5.41, 5.74) is 0. The van der Waals surface area contributed by atoms with Gasteiger partial charge in [0.1, 0.15) is 0 Å². The summed E-state index contributed by atoms with van der Waals surface area (Å²) in [7, 11) is 0. The fourth-order valence-electron chi connectivity index (χ4n) is 0. The van der Waals surface area contributed by atoms with Gasteiger partial charge in [-0.3, -0.25) is 0 Å². The van der Waals surface area contributed by atoms with E-state index < -0.39 is 0 Å². The average molecular weight is 146 g/mol. The summed E-state index contributed by atoms with van der Waals surface area (Å²) in [4.78, 5) is 2.62. The number of hydrogen-bond acceptors (Lipinski definition) is 0. The van der Waals surface area contributed by atoms with Gasteiger partial charge in [0.05, 0.1) is 0 Å². The second-order valence-electron chi connectivity index (χ2n) is 0.398. The lowest BCUT2D eigenvalue weighted by Gasteiger charge is -1.45. The van der Waals surface area contributed by atoms with Crippen molar-refractivity contribution in [3.05, 3.63) is 11.1 Å². The minimum Gasteiger partial charge on any atom is -0.0723 e. The van der Waals surface area contributed by atoms with Crippen LogP contribution in [0.5, 0.6) is 0 Å². The van der Waals surface area contributed by atoms with E-state index in [1.54, 1.807) is 6.08 Å². The highest BCUT2D eigenvalue weighted by Crippen LogP contribution is 1.73. The van der Waals surface area contributed by atoms with E-state index in [0.717, 1.165) is 0 Å². The van der Waals surface area contributed by atoms with Crippen molar-refractivity contribution in [3.8, 4) is 0 Å². The van der Waals surface area contributed by atoms with Gasteiger partial charge in [0, 0.05) is 4.99 Å². The first-order valence-electron chi connectivity index (χ1n) is 1.06. The molecule has 0 N–H and O–H groups in total. The highest BCUT2D eigenvalue weighted by molar-refractivity contribution is 9.10. The molecule has 2 heteroatoms. The van der Waals surface area contributed by atoms with Crippen molar-refractivity contribution in [1.29, 1.82) is 0 Å². The topological polar surface area (TPSA) is 0 Å². The summed E-state index contributed by atoms with van der Waals surface area (Å²) in [5, 5.41) is 0. The fraction of sp³-hybridized carbons (Fsp3) is 0.333. The summed E-state index contributed by atoms with van der Waals surface area (Å²) < 4.78 is 0. The quantitative estimate of drug-likeness (QED) is 0.444.